The minimum atomic E-state index is -0.574. The van der Waals surface area contributed by atoms with E-state index in [2.05, 4.69) is 24.2 Å². The molecule has 0 bridgehead atoms. The molecule has 3 nitrogen and oxygen atoms in total. The molecule has 1 heterocycles. The van der Waals surface area contributed by atoms with Crippen molar-refractivity contribution in [1.82, 2.24) is 4.90 Å². The van der Waals surface area contributed by atoms with E-state index in [1.165, 1.54) is 25.0 Å². The van der Waals surface area contributed by atoms with Crippen molar-refractivity contribution in [2.75, 3.05) is 25.5 Å². The lowest BCUT2D eigenvalue weighted by molar-refractivity contribution is 0.208. The number of anilines is 1. The van der Waals surface area contributed by atoms with Crippen molar-refractivity contribution < 1.29 is 9.50 Å². The second-order valence-electron chi connectivity index (χ2n) is 5.24. The highest BCUT2D eigenvalue weighted by Crippen LogP contribution is 2.24. The van der Waals surface area contributed by atoms with E-state index in [1.54, 1.807) is 6.07 Å². The Labute approximate surface area is 108 Å². The van der Waals surface area contributed by atoms with Gasteiger partial charge < -0.3 is 15.3 Å². The Kier molecular flexibility index (Phi) is 4.07. The first-order valence-corrected chi connectivity index (χ1v) is 6.50. The summed E-state index contributed by atoms with van der Waals surface area (Å²) in [5, 5.41) is 12.5. The first-order chi connectivity index (χ1) is 8.56. The third kappa shape index (κ3) is 3.13. The Balaban J connectivity index is 1.94. The van der Waals surface area contributed by atoms with Crippen molar-refractivity contribution in [3.8, 4) is 5.75 Å². The average Bonchev–Trinajstić information content (AvgIpc) is 2.34. The number of nitrogens with one attached hydrogen (secondary N) is 1. The molecule has 1 fully saturated rings. The van der Waals surface area contributed by atoms with Gasteiger partial charge in [-0.2, -0.15) is 0 Å². The first kappa shape index (κ1) is 13.1. The van der Waals surface area contributed by atoms with Gasteiger partial charge in [0.05, 0.1) is 0 Å². The van der Waals surface area contributed by atoms with E-state index < -0.39 is 5.82 Å². The fourth-order valence-corrected chi connectivity index (χ4v) is 2.51. The fraction of sp³-hybridized carbons (Fsp3) is 0.571. The minimum Gasteiger partial charge on any atom is -0.505 e. The van der Waals surface area contributed by atoms with Crippen LogP contribution in [-0.2, 0) is 0 Å². The van der Waals surface area contributed by atoms with E-state index in [-0.39, 0.29) is 5.75 Å². The number of hydrogen-bond acceptors (Lipinski definition) is 3. The van der Waals surface area contributed by atoms with Gasteiger partial charge >= 0.3 is 0 Å². The van der Waals surface area contributed by atoms with E-state index >= 15 is 0 Å². The van der Waals surface area contributed by atoms with E-state index in [0.717, 1.165) is 18.8 Å². The summed E-state index contributed by atoms with van der Waals surface area (Å²) >= 11 is 0. The number of hydrogen-bond donors (Lipinski definition) is 2. The number of likely N-dealkylation sites (tertiary alicyclic amines) is 1. The van der Waals surface area contributed by atoms with Crippen LogP contribution in [0.3, 0.4) is 0 Å². The highest BCUT2D eigenvalue weighted by molar-refractivity contribution is 5.47. The van der Waals surface area contributed by atoms with E-state index in [4.69, 9.17) is 5.11 Å². The van der Waals surface area contributed by atoms with Crippen LogP contribution in [0, 0.1) is 11.7 Å². The molecule has 1 aliphatic heterocycles. The smallest absolute Gasteiger partial charge is 0.166 e. The minimum absolute atomic E-state index is 0.299. The lowest BCUT2D eigenvalue weighted by atomic mass is 9.90. The van der Waals surface area contributed by atoms with Crippen LogP contribution in [0.4, 0.5) is 10.1 Å². The molecule has 0 radical (unpaired) electrons. The molecule has 100 valence electrons. The topological polar surface area (TPSA) is 35.5 Å². The molecule has 1 aromatic rings. The normalized spacial score (nSPS) is 19.7. The summed E-state index contributed by atoms with van der Waals surface area (Å²) in [4.78, 5) is 2.34. The predicted octanol–water partition coefficient (Wildman–Crippen LogP) is 2.67. The predicted molar refractivity (Wildman–Crippen MR) is 71.4 cm³/mol. The van der Waals surface area contributed by atoms with Gasteiger partial charge in [-0.25, -0.2) is 4.39 Å². The van der Waals surface area contributed by atoms with Crippen LogP contribution in [0.5, 0.6) is 5.75 Å². The summed E-state index contributed by atoms with van der Waals surface area (Å²) in [6.07, 6.45) is 2.34. The molecule has 0 spiro atoms. The number of aromatic hydroxyl groups is 1. The van der Waals surface area contributed by atoms with Crippen LogP contribution in [0.15, 0.2) is 18.2 Å². The van der Waals surface area contributed by atoms with Crippen molar-refractivity contribution in [2.45, 2.75) is 25.8 Å². The summed E-state index contributed by atoms with van der Waals surface area (Å²) in [5.41, 5.74) is 0.733. The van der Waals surface area contributed by atoms with Crippen LogP contribution in [0.25, 0.3) is 0 Å². The number of phenols is 1. The van der Waals surface area contributed by atoms with Crippen molar-refractivity contribution in [3.05, 3.63) is 24.0 Å². The largest absolute Gasteiger partial charge is 0.505 e. The van der Waals surface area contributed by atoms with Gasteiger partial charge in [-0.15, -0.1) is 0 Å². The van der Waals surface area contributed by atoms with Crippen LogP contribution in [-0.4, -0.2) is 36.2 Å². The molecular formula is C14H21FN2O. The zero-order chi connectivity index (χ0) is 13.1. The molecule has 0 saturated carbocycles. The molecule has 1 unspecified atom stereocenters. The maximum atomic E-state index is 13.2. The first-order valence-electron chi connectivity index (χ1n) is 6.50. The highest BCUT2D eigenvalue weighted by atomic mass is 19.1. The third-order valence-corrected chi connectivity index (χ3v) is 3.81. The van der Waals surface area contributed by atoms with Gasteiger partial charge in [-0.3, -0.25) is 0 Å². The van der Waals surface area contributed by atoms with Gasteiger partial charge in [0, 0.05) is 17.8 Å². The number of halogens is 1. The zero-order valence-corrected chi connectivity index (χ0v) is 11.0. The molecule has 1 saturated heterocycles. The van der Waals surface area contributed by atoms with Gasteiger partial charge in [0.1, 0.15) is 0 Å². The summed E-state index contributed by atoms with van der Waals surface area (Å²) in [7, 11) is 2.14. The van der Waals surface area contributed by atoms with Crippen molar-refractivity contribution in [3.63, 3.8) is 0 Å². The Morgan fingerprint density at radius 3 is 2.67 bits per heavy atom. The van der Waals surface area contributed by atoms with Crippen molar-refractivity contribution in [2.24, 2.45) is 5.92 Å². The Morgan fingerprint density at radius 2 is 2.06 bits per heavy atom. The van der Waals surface area contributed by atoms with Gasteiger partial charge in [-0.05, 0) is 58.0 Å². The molecule has 18 heavy (non-hydrogen) atoms. The second kappa shape index (κ2) is 5.57. The summed E-state index contributed by atoms with van der Waals surface area (Å²) < 4.78 is 13.2. The van der Waals surface area contributed by atoms with Crippen LogP contribution < -0.4 is 5.32 Å². The highest BCUT2D eigenvalue weighted by Gasteiger charge is 2.22. The van der Waals surface area contributed by atoms with Crippen LogP contribution in [0.1, 0.15) is 19.8 Å². The SMILES string of the molecule is CC(Nc1ccc(O)c(F)c1)C1CCN(C)CC1. The molecule has 2 N–H and O–H groups in total. The number of phenolic OH excluding ortho intramolecular Hbond substituents is 1. The molecule has 0 aromatic heterocycles. The molecule has 4 heteroatoms. The third-order valence-electron chi connectivity index (χ3n) is 3.81. The van der Waals surface area contributed by atoms with Crippen LogP contribution in [0.2, 0.25) is 0 Å². The second-order valence-corrected chi connectivity index (χ2v) is 5.24. The van der Waals surface area contributed by atoms with Gasteiger partial charge in [0.2, 0.25) is 0 Å². The molecule has 1 atom stereocenters. The Bertz CT molecular complexity index is 403. The molecular weight excluding hydrogens is 231 g/mol. The molecule has 0 aliphatic carbocycles. The number of benzene rings is 1. The van der Waals surface area contributed by atoms with Crippen LogP contribution >= 0.6 is 0 Å². The summed E-state index contributed by atoms with van der Waals surface area (Å²) in [5.74, 6) is -0.249. The lowest BCUT2D eigenvalue weighted by Crippen LogP contribution is -2.37. The molecule has 1 aromatic carbocycles. The maximum absolute atomic E-state index is 13.2. The number of nitrogens with zero attached hydrogens (tertiary/aromatic N) is 1. The average molecular weight is 252 g/mol. The quantitative estimate of drug-likeness (QED) is 0.812. The number of rotatable bonds is 3. The van der Waals surface area contributed by atoms with E-state index in [9.17, 15) is 4.39 Å². The van der Waals surface area contributed by atoms with Gasteiger partial charge in [-0.1, -0.05) is 0 Å². The fourth-order valence-electron chi connectivity index (χ4n) is 2.51. The number of piperidine rings is 1. The Hall–Kier alpha value is -1.29. The zero-order valence-electron chi connectivity index (χ0n) is 11.0. The summed E-state index contributed by atoms with van der Waals surface area (Å²) in [6, 6.07) is 4.77. The van der Waals surface area contributed by atoms with Crippen molar-refractivity contribution >= 4 is 5.69 Å². The van der Waals surface area contributed by atoms with Crippen molar-refractivity contribution in [1.29, 1.82) is 0 Å². The summed E-state index contributed by atoms with van der Waals surface area (Å²) in [6.45, 7) is 4.39. The van der Waals surface area contributed by atoms with Gasteiger partial charge in [0.15, 0.2) is 11.6 Å². The van der Waals surface area contributed by atoms with Gasteiger partial charge in [0.25, 0.3) is 0 Å². The standard InChI is InChI=1S/C14H21FN2O/c1-10(11-5-7-17(2)8-6-11)16-12-3-4-14(18)13(15)9-12/h3-4,9-11,16,18H,5-8H2,1-2H3. The monoisotopic (exact) mass is 252 g/mol. The molecule has 1 aliphatic rings. The van der Waals surface area contributed by atoms with E-state index in [0.29, 0.717) is 12.0 Å². The van der Waals surface area contributed by atoms with E-state index in [1.807, 2.05) is 0 Å². The maximum Gasteiger partial charge on any atom is 0.166 e. The molecule has 0 amide bonds. The lowest BCUT2D eigenvalue weighted by Gasteiger charge is -2.33. The Morgan fingerprint density at radius 1 is 1.39 bits per heavy atom. The molecule has 2 rings (SSSR count).